The van der Waals surface area contributed by atoms with Crippen molar-refractivity contribution in [3.05, 3.63) is 72.9 Å². The maximum absolute atomic E-state index is 13.3. The second-order valence-corrected chi connectivity index (χ2v) is 23.2. The largest absolute Gasteiger partial charge is 0.394 e. The summed E-state index contributed by atoms with van der Waals surface area (Å²) in [6.07, 6.45) is 53.2. The molecule has 14 heteroatoms. The van der Waals surface area contributed by atoms with Crippen LogP contribution in [0.15, 0.2) is 72.9 Å². The fraction of sp³-hybridized carbons (Fsp3) is 0.809. The van der Waals surface area contributed by atoms with Gasteiger partial charge in [-0.3, -0.25) is 4.79 Å². The molecule has 0 aromatic rings. The molecule has 2 rings (SSSR count). The van der Waals surface area contributed by atoms with Gasteiger partial charge in [0.1, 0.15) is 48.8 Å². The van der Waals surface area contributed by atoms with E-state index in [-0.39, 0.29) is 12.5 Å². The van der Waals surface area contributed by atoms with E-state index >= 15 is 0 Å². The standard InChI is InChI=1S/C68H121NO13/c1-3-5-7-9-11-13-15-17-19-21-23-25-26-27-28-29-30-32-34-36-38-40-42-44-46-48-50-52-60(73)69-56(57(72)51-49-47-45-43-41-39-37-35-33-31-24-22-20-18-16-14-12-10-8-6-4-2)55-79-67-65(78)63(76)66(59(54-71)81-67)82-68-64(77)62(75)61(74)58(53-70)80-68/h5,7,11,13,17,19,23,25,27-28,30,32,56-59,61-68,70-72,74-78H,3-4,6,8-10,12,14-16,18,20-22,24,26,29,31,33-55H2,1-2H3,(H,69,73)/b7-5-,13-11-,19-17-,25-23-,28-27-,32-30-. The monoisotopic (exact) mass is 1160 g/mol. The van der Waals surface area contributed by atoms with E-state index in [1.807, 2.05) is 0 Å². The average molecular weight is 1160 g/mol. The Morgan fingerprint density at radius 3 is 1.29 bits per heavy atom. The number of amides is 1. The first kappa shape index (κ1) is 75.5. The highest BCUT2D eigenvalue weighted by atomic mass is 16.7. The normalized spacial score (nSPS) is 24.4. The molecule has 12 unspecified atom stereocenters. The topological polar surface area (TPSA) is 228 Å². The lowest BCUT2D eigenvalue weighted by Gasteiger charge is -2.46. The summed E-state index contributed by atoms with van der Waals surface area (Å²) in [6, 6.07) is -0.839. The quantitative estimate of drug-likeness (QED) is 0.0204. The molecule has 2 aliphatic heterocycles. The highest BCUT2D eigenvalue weighted by Crippen LogP contribution is 2.30. The Kier molecular flexibility index (Phi) is 48.6. The number of allylic oxidation sites excluding steroid dienone is 12. The fourth-order valence-corrected chi connectivity index (χ4v) is 10.7. The van der Waals surface area contributed by atoms with Gasteiger partial charge in [-0.15, -0.1) is 0 Å². The summed E-state index contributed by atoms with van der Waals surface area (Å²) in [5.41, 5.74) is 0. The molecule has 2 heterocycles. The van der Waals surface area contributed by atoms with E-state index in [2.05, 4.69) is 92.1 Å². The number of nitrogens with one attached hydrogen (secondary N) is 1. The van der Waals surface area contributed by atoms with E-state index in [1.165, 1.54) is 135 Å². The minimum absolute atomic E-state index is 0.216. The third kappa shape index (κ3) is 37.1. The van der Waals surface area contributed by atoms with Crippen LogP contribution in [0.3, 0.4) is 0 Å². The Bertz CT molecular complexity index is 1650. The maximum atomic E-state index is 13.3. The van der Waals surface area contributed by atoms with Crippen molar-refractivity contribution in [1.29, 1.82) is 0 Å². The summed E-state index contributed by atoms with van der Waals surface area (Å²) in [6.45, 7) is 2.76. The molecule has 2 saturated heterocycles. The third-order valence-corrected chi connectivity index (χ3v) is 15.9. The first-order chi connectivity index (χ1) is 40.1. The van der Waals surface area contributed by atoms with Crippen molar-refractivity contribution in [3.63, 3.8) is 0 Å². The van der Waals surface area contributed by atoms with Gasteiger partial charge >= 0.3 is 0 Å². The molecule has 82 heavy (non-hydrogen) atoms. The van der Waals surface area contributed by atoms with E-state index in [9.17, 15) is 45.6 Å². The zero-order valence-corrected chi connectivity index (χ0v) is 51.5. The number of carbonyl (C=O) groups excluding carboxylic acids is 1. The average Bonchev–Trinajstić information content (AvgIpc) is 3.67. The lowest BCUT2D eigenvalue weighted by molar-refractivity contribution is -0.359. The van der Waals surface area contributed by atoms with E-state index < -0.39 is 86.8 Å². The predicted octanol–water partition coefficient (Wildman–Crippen LogP) is 12.7. The Morgan fingerprint density at radius 1 is 0.451 bits per heavy atom. The molecular formula is C68H121NO13. The van der Waals surface area contributed by atoms with Gasteiger partial charge in [0.2, 0.25) is 5.91 Å². The molecule has 0 radical (unpaired) electrons. The second-order valence-electron chi connectivity index (χ2n) is 23.2. The Morgan fingerprint density at radius 2 is 0.841 bits per heavy atom. The van der Waals surface area contributed by atoms with E-state index in [0.29, 0.717) is 19.3 Å². The van der Waals surface area contributed by atoms with Crippen LogP contribution in [0.5, 0.6) is 0 Å². The summed E-state index contributed by atoms with van der Waals surface area (Å²) in [5.74, 6) is -0.216. The molecule has 14 nitrogen and oxygen atoms in total. The van der Waals surface area contributed by atoms with E-state index in [0.717, 1.165) is 89.9 Å². The van der Waals surface area contributed by atoms with Gasteiger partial charge in [-0.2, -0.15) is 0 Å². The number of aliphatic hydroxyl groups excluding tert-OH is 8. The van der Waals surface area contributed by atoms with Gasteiger partial charge in [-0.25, -0.2) is 0 Å². The van der Waals surface area contributed by atoms with Crippen LogP contribution in [0.2, 0.25) is 0 Å². The van der Waals surface area contributed by atoms with Crippen LogP contribution in [0, 0.1) is 0 Å². The van der Waals surface area contributed by atoms with Crippen LogP contribution in [0.4, 0.5) is 0 Å². The molecule has 476 valence electrons. The van der Waals surface area contributed by atoms with Gasteiger partial charge in [0.05, 0.1) is 32.0 Å². The lowest BCUT2D eigenvalue weighted by atomic mass is 9.97. The summed E-state index contributed by atoms with van der Waals surface area (Å²) in [4.78, 5) is 13.3. The second kappa shape index (κ2) is 52.7. The number of aliphatic hydroxyl groups is 8. The number of hydrogen-bond donors (Lipinski definition) is 9. The molecule has 1 amide bonds. The van der Waals surface area contributed by atoms with Crippen molar-refractivity contribution in [3.8, 4) is 0 Å². The van der Waals surface area contributed by atoms with Crippen LogP contribution in [0.1, 0.15) is 258 Å². The summed E-state index contributed by atoms with van der Waals surface area (Å²) in [7, 11) is 0. The van der Waals surface area contributed by atoms with Crippen molar-refractivity contribution >= 4 is 5.91 Å². The fourth-order valence-electron chi connectivity index (χ4n) is 10.7. The van der Waals surface area contributed by atoms with Crippen LogP contribution < -0.4 is 5.32 Å². The summed E-state index contributed by atoms with van der Waals surface area (Å²) in [5, 5.41) is 87.5. The molecule has 0 bridgehead atoms. The van der Waals surface area contributed by atoms with E-state index in [4.69, 9.17) is 18.9 Å². The van der Waals surface area contributed by atoms with Gasteiger partial charge in [0.25, 0.3) is 0 Å². The zero-order valence-electron chi connectivity index (χ0n) is 51.5. The number of ether oxygens (including phenoxy) is 4. The number of carbonyl (C=O) groups is 1. The molecule has 2 fully saturated rings. The van der Waals surface area contributed by atoms with Gasteiger partial charge in [-0.05, 0) is 64.2 Å². The molecule has 12 atom stereocenters. The van der Waals surface area contributed by atoms with Crippen LogP contribution >= 0.6 is 0 Å². The maximum Gasteiger partial charge on any atom is 0.220 e. The minimum atomic E-state index is -1.79. The minimum Gasteiger partial charge on any atom is -0.394 e. The molecule has 0 aromatic carbocycles. The van der Waals surface area contributed by atoms with Crippen molar-refractivity contribution in [2.75, 3.05) is 19.8 Å². The Hall–Kier alpha value is -2.57. The van der Waals surface area contributed by atoms with Gasteiger partial charge in [0, 0.05) is 6.42 Å². The van der Waals surface area contributed by atoms with Gasteiger partial charge in [0.15, 0.2) is 12.6 Å². The first-order valence-corrected chi connectivity index (χ1v) is 33.2. The van der Waals surface area contributed by atoms with Crippen molar-refractivity contribution < 1.29 is 64.6 Å². The molecular weight excluding hydrogens is 1040 g/mol. The molecule has 0 aromatic heterocycles. The Labute approximate surface area is 498 Å². The molecule has 0 spiro atoms. The number of rotatable bonds is 53. The highest BCUT2D eigenvalue weighted by molar-refractivity contribution is 5.76. The zero-order chi connectivity index (χ0) is 59.5. The van der Waals surface area contributed by atoms with E-state index in [1.54, 1.807) is 0 Å². The molecule has 2 aliphatic rings. The van der Waals surface area contributed by atoms with Crippen molar-refractivity contribution in [2.45, 2.75) is 331 Å². The molecule has 0 aliphatic carbocycles. The Balaban J connectivity index is 1.71. The summed E-state index contributed by atoms with van der Waals surface area (Å²) < 4.78 is 22.9. The highest BCUT2D eigenvalue weighted by Gasteiger charge is 2.51. The summed E-state index contributed by atoms with van der Waals surface area (Å²) >= 11 is 0. The lowest BCUT2D eigenvalue weighted by Crippen LogP contribution is -2.65. The van der Waals surface area contributed by atoms with Crippen LogP contribution in [0.25, 0.3) is 0 Å². The predicted molar refractivity (Wildman–Crippen MR) is 332 cm³/mol. The van der Waals surface area contributed by atoms with Crippen molar-refractivity contribution in [1.82, 2.24) is 5.32 Å². The third-order valence-electron chi connectivity index (χ3n) is 15.9. The number of unbranched alkanes of at least 4 members (excludes halogenated alkanes) is 28. The molecule has 0 saturated carbocycles. The van der Waals surface area contributed by atoms with Gasteiger partial charge in [-0.1, -0.05) is 260 Å². The van der Waals surface area contributed by atoms with Gasteiger partial charge < -0.3 is 65.1 Å². The van der Waals surface area contributed by atoms with Crippen molar-refractivity contribution in [2.24, 2.45) is 0 Å². The number of hydrogen-bond acceptors (Lipinski definition) is 13. The smallest absolute Gasteiger partial charge is 0.220 e. The van der Waals surface area contributed by atoms with Crippen LogP contribution in [-0.4, -0.2) is 140 Å². The molecule has 9 N–H and O–H groups in total. The van der Waals surface area contributed by atoms with Crippen LogP contribution in [-0.2, 0) is 23.7 Å². The first-order valence-electron chi connectivity index (χ1n) is 33.2. The SMILES string of the molecule is CC/C=C\C/C=C\C/C=C\C/C=C\C/C=C\C/C=C\CCCCCCCCCCC(=O)NC(COC1OC(CO)C(OC2OC(CO)C(O)C(O)C2O)C(O)C1O)C(O)CCCCCCCCCCCCCCCCCCCCCCC.